The van der Waals surface area contributed by atoms with E-state index in [2.05, 4.69) is 0 Å². The Labute approximate surface area is 52.7 Å². The number of aliphatic hydroxyl groups is 1. The lowest BCUT2D eigenvalue weighted by atomic mass is 10.1. The van der Waals surface area contributed by atoms with Crippen molar-refractivity contribution in [3.8, 4) is 0 Å². The van der Waals surface area contributed by atoms with E-state index < -0.39 is 17.7 Å². The first kappa shape index (κ1) is 6.42. The molecule has 0 saturated heterocycles. The molecule has 1 N–H and O–H groups in total. The summed E-state index contributed by atoms with van der Waals surface area (Å²) in [6.45, 7) is 1.69. The van der Waals surface area contributed by atoms with Crippen LogP contribution in [0.1, 0.15) is 13.3 Å². The second-order valence-corrected chi connectivity index (χ2v) is 2.41. The molecule has 3 nitrogen and oxygen atoms in total. The topological polar surface area (TPSA) is 54.4 Å². The van der Waals surface area contributed by atoms with Gasteiger partial charge in [0.1, 0.15) is 6.10 Å². The zero-order chi connectivity index (χ0) is 7.02. The fourth-order valence-electron chi connectivity index (χ4n) is 0.928. The molecule has 1 aliphatic carbocycles. The standard InChI is InChI=1S/C6H8O3/c1-3-2-4(7)6(9)5(3)8/h3,5,8H,2H2,1H3. The summed E-state index contributed by atoms with van der Waals surface area (Å²) in [6.07, 6.45) is -0.822. The van der Waals surface area contributed by atoms with Gasteiger partial charge >= 0.3 is 0 Å². The largest absolute Gasteiger partial charge is 0.385 e. The van der Waals surface area contributed by atoms with E-state index in [4.69, 9.17) is 5.11 Å². The highest BCUT2D eigenvalue weighted by Crippen LogP contribution is 2.18. The van der Waals surface area contributed by atoms with Crippen LogP contribution in [0, 0.1) is 5.92 Å². The number of carbonyl (C=O) groups is 2. The average Bonchev–Trinajstić information content (AvgIpc) is 1.98. The Morgan fingerprint density at radius 1 is 1.56 bits per heavy atom. The minimum absolute atomic E-state index is 0.176. The van der Waals surface area contributed by atoms with E-state index >= 15 is 0 Å². The molecule has 0 aromatic heterocycles. The number of aliphatic hydroxyl groups excluding tert-OH is 1. The maximum absolute atomic E-state index is 10.5. The van der Waals surface area contributed by atoms with Crippen LogP contribution in [0.4, 0.5) is 0 Å². The third-order valence-corrected chi connectivity index (χ3v) is 1.59. The molecular formula is C6H8O3. The molecule has 0 spiro atoms. The maximum Gasteiger partial charge on any atom is 0.227 e. The SMILES string of the molecule is CC1CC(=O)C(=O)C1O. The van der Waals surface area contributed by atoms with Crippen LogP contribution in [0.3, 0.4) is 0 Å². The van der Waals surface area contributed by atoms with E-state index in [9.17, 15) is 9.59 Å². The molecule has 2 unspecified atom stereocenters. The minimum atomic E-state index is -1.03. The molecule has 50 valence electrons. The van der Waals surface area contributed by atoms with Crippen LogP contribution in [0.2, 0.25) is 0 Å². The second-order valence-electron chi connectivity index (χ2n) is 2.41. The van der Waals surface area contributed by atoms with Crippen LogP contribution >= 0.6 is 0 Å². The fourth-order valence-corrected chi connectivity index (χ4v) is 0.928. The van der Waals surface area contributed by atoms with Crippen LogP contribution in [-0.2, 0) is 9.59 Å². The van der Waals surface area contributed by atoms with E-state index in [1.165, 1.54) is 0 Å². The fraction of sp³-hybridized carbons (Fsp3) is 0.667. The third-order valence-electron chi connectivity index (χ3n) is 1.59. The Morgan fingerprint density at radius 2 is 2.11 bits per heavy atom. The lowest BCUT2D eigenvalue weighted by molar-refractivity contribution is -0.137. The van der Waals surface area contributed by atoms with Gasteiger partial charge in [-0.15, -0.1) is 0 Å². The Hall–Kier alpha value is -0.700. The summed E-state index contributed by atoms with van der Waals surface area (Å²) in [4.78, 5) is 21.0. The molecule has 0 aliphatic heterocycles. The number of Topliss-reactive ketones (excluding diaryl/α,β-unsaturated/α-hetero) is 2. The van der Waals surface area contributed by atoms with Crippen molar-refractivity contribution in [3.63, 3.8) is 0 Å². The molecule has 9 heavy (non-hydrogen) atoms. The van der Waals surface area contributed by atoms with Crippen molar-refractivity contribution < 1.29 is 14.7 Å². The van der Waals surface area contributed by atoms with Crippen LogP contribution in [0.15, 0.2) is 0 Å². The molecule has 1 saturated carbocycles. The Morgan fingerprint density at radius 3 is 2.22 bits per heavy atom. The van der Waals surface area contributed by atoms with Crippen LogP contribution in [-0.4, -0.2) is 22.8 Å². The number of hydrogen-bond donors (Lipinski definition) is 1. The Kier molecular flexibility index (Phi) is 1.37. The monoisotopic (exact) mass is 128 g/mol. The van der Waals surface area contributed by atoms with Crippen LogP contribution in [0.25, 0.3) is 0 Å². The number of hydrogen-bond acceptors (Lipinski definition) is 3. The molecule has 1 fully saturated rings. The predicted octanol–water partition coefficient (Wildman–Crippen LogP) is -0.475. The van der Waals surface area contributed by atoms with Crippen molar-refractivity contribution in [2.24, 2.45) is 5.92 Å². The molecule has 0 heterocycles. The van der Waals surface area contributed by atoms with Crippen molar-refractivity contribution in [1.82, 2.24) is 0 Å². The van der Waals surface area contributed by atoms with Gasteiger partial charge in [0.15, 0.2) is 0 Å². The lowest BCUT2D eigenvalue weighted by Gasteiger charge is -2.01. The minimum Gasteiger partial charge on any atom is -0.385 e. The molecule has 0 radical (unpaired) electrons. The van der Waals surface area contributed by atoms with Crippen LogP contribution in [0.5, 0.6) is 0 Å². The van der Waals surface area contributed by atoms with Gasteiger partial charge in [-0.25, -0.2) is 0 Å². The van der Waals surface area contributed by atoms with Crippen molar-refractivity contribution in [2.45, 2.75) is 19.4 Å². The predicted molar refractivity (Wildman–Crippen MR) is 29.8 cm³/mol. The van der Waals surface area contributed by atoms with Gasteiger partial charge in [0.2, 0.25) is 11.6 Å². The van der Waals surface area contributed by atoms with E-state index in [0.29, 0.717) is 0 Å². The molecule has 0 bridgehead atoms. The van der Waals surface area contributed by atoms with Gasteiger partial charge in [0.05, 0.1) is 0 Å². The molecule has 1 aliphatic rings. The highest BCUT2D eigenvalue weighted by atomic mass is 16.3. The van der Waals surface area contributed by atoms with Crippen molar-refractivity contribution in [2.75, 3.05) is 0 Å². The highest BCUT2D eigenvalue weighted by molar-refractivity contribution is 6.40. The first-order chi connectivity index (χ1) is 4.13. The molecule has 0 aromatic carbocycles. The van der Waals surface area contributed by atoms with Crippen molar-refractivity contribution in [1.29, 1.82) is 0 Å². The number of carbonyl (C=O) groups excluding carboxylic acids is 2. The van der Waals surface area contributed by atoms with Gasteiger partial charge in [-0.1, -0.05) is 6.92 Å². The molecule has 0 amide bonds. The molecule has 2 atom stereocenters. The van der Waals surface area contributed by atoms with E-state index in [-0.39, 0.29) is 12.3 Å². The second kappa shape index (κ2) is 1.92. The molecule has 0 aromatic rings. The first-order valence-corrected chi connectivity index (χ1v) is 2.88. The van der Waals surface area contributed by atoms with Crippen molar-refractivity contribution >= 4 is 11.6 Å². The smallest absolute Gasteiger partial charge is 0.227 e. The zero-order valence-corrected chi connectivity index (χ0v) is 5.13. The third kappa shape index (κ3) is 0.876. The van der Waals surface area contributed by atoms with Gasteiger partial charge in [-0.3, -0.25) is 9.59 Å². The molecule has 1 rings (SSSR count). The number of ketones is 2. The summed E-state index contributed by atoms with van der Waals surface area (Å²) in [6, 6.07) is 0. The molecule has 3 heteroatoms. The van der Waals surface area contributed by atoms with Crippen LogP contribution < -0.4 is 0 Å². The quantitative estimate of drug-likeness (QED) is 0.448. The number of rotatable bonds is 0. The van der Waals surface area contributed by atoms with E-state index in [1.54, 1.807) is 6.92 Å². The normalized spacial score (nSPS) is 35.8. The Bertz CT molecular complexity index is 162. The van der Waals surface area contributed by atoms with E-state index in [0.717, 1.165) is 0 Å². The molecular weight excluding hydrogens is 120 g/mol. The lowest BCUT2D eigenvalue weighted by Crippen LogP contribution is -2.20. The zero-order valence-electron chi connectivity index (χ0n) is 5.13. The highest BCUT2D eigenvalue weighted by Gasteiger charge is 2.36. The van der Waals surface area contributed by atoms with Gasteiger partial charge < -0.3 is 5.11 Å². The average molecular weight is 128 g/mol. The van der Waals surface area contributed by atoms with Gasteiger partial charge in [-0.2, -0.15) is 0 Å². The van der Waals surface area contributed by atoms with E-state index in [1.807, 2.05) is 0 Å². The maximum atomic E-state index is 10.5. The van der Waals surface area contributed by atoms with Gasteiger partial charge in [-0.05, 0) is 5.92 Å². The summed E-state index contributed by atoms with van der Waals surface area (Å²) in [7, 11) is 0. The summed E-state index contributed by atoms with van der Waals surface area (Å²) in [5.74, 6) is -1.23. The first-order valence-electron chi connectivity index (χ1n) is 2.88. The van der Waals surface area contributed by atoms with Gasteiger partial charge in [0, 0.05) is 6.42 Å². The summed E-state index contributed by atoms with van der Waals surface area (Å²) < 4.78 is 0. The summed E-state index contributed by atoms with van der Waals surface area (Å²) >= 11 is 0. The van der Waals surface area contributed by atoms with Gasteiger partial charge in [0.25, 0.3) is 0 Å². The summed E-state index contributed by atoms with van der Waals surface area (Å²) in [5.41, 5.74) is 0. The van der Waals surface area contributed by atoms with Crippen molar-refractivity contribution in [3.05, 3.63) is 0 Å². The summed E-state index contributed by atoms with van der Waals surface area (Å²) in [5, 5.41) is 8.87. The Balaban J connectivity index is 2.77.